The van der Waals surface area contributed by atoms with Gasteiger partial charge in [0.05, 0.1) is 19.4 Å². The average Bonchev–Trinajstić information content (AvgIpc) is 2.92. The van der Waals surface area contributed by atoms with Gasteiger partial charge in [-0.2, -0.15) is 0 Å². The molecule has 1 fully saturated rings. The lowest BCUT2D eigenvalue weighted by molar-refractivity contribution is -0.122. The fraction of sp³-hybridized carbons (Fsp3) is 0.143. The summed E-state index contributed by atoms with van der Waals surface area (Å²) in [7, 11) is 1.49. The number of rotatable bonds is 9. The second-order valence-electron chi connectivity index (χ2n) is 8.14. The molecule has 1 saturated heterocycles. The van der Waals surface area contributed by atoms with Gasteiger partial charge in [-0.25, -0.2) is 14.1 Å². The van der Waals surface area contributed by atoms with Crippen LogP contribution in [0.15, 0.2) is 72.3 Å². The van der Waals surface area contributed by atoms with Crippen LogP contribution in [0.5, 0.6) is 17.2 Å². The van der Waals surface area contributed by atoms with Crippen LogP contribution in [0.2, 0.25) is 0 Å². The van der Waals surface area contributed by atoms with Gasteiger partial charge in [0.2, 0.25) is 0 Å². The monoisotopic (exact) mass is 533 g/mol. The summed E-state index contributed by atoms with van der Waals surface area (Å²) in [6.45, 7) is 1.68. The Morgan fingerprint density at radius 3 is 2.36 bits per heavy atom. The molecule has 39 heavy (non-hydrogen) atoms. The minimum atomic E-state index is -0.870. The van der Waals surface area contributed by atoms with E-state index in [0.29, 0.717) is 17.0 Å². The van der Waals surface area contributed by atoms with Crippen molar-refractivity contribution < 1.29 is 37.8 Å². The molecule has 5 amide bonds. The molecule has 3 aromatic carbocycles. The number of nitrogens with one attached hydrogen (secondary N) is 2. The molecular weight excluding hydrogens is 509 g/mol. The molecule has 0 atom stereocenters. The van der Waals surface area contributed by atoms with Crippen molar-refractivity contribution in [1.82, 2.24) is 5.32 Å². The van der Waals surface area contributed by atoms with Crippen LogP contribution in [-0.4, -0.2) is 44.1 Å². The molecule has 0 aliphatic carbocycles. The summed E-state index contributed by atoms with van der Waals surface area (Å²) in [4.78, 5) is 51.2. The molecule has 0 aromatic heterocycles. The maximum atomic E-state index is 13.2. The Hall–Kier alpha value is -5.19. The minimum Gasteiger partial charge on any atom is -0.497 e. The van der Waals surface area contributed by atoms with Gasteiger partial charge in [-0.1, -0.05) is 6.07 Å². The number of benzene rings is 3. The van der Waals surface area contributed by atoms with Crippen molar-refractivity contribution in [1.29, 1.82) is 0 Å². The summed E-state index contributed by atoms with van der Waals surface area (Å²) in [6, 6.07) is 15.3. The van der Waals surface area contributed by atoms with Crippen molar-refractivity contribution in [3.05, 3.63) is 83.7 Å². The Bertz CT molecular complexity index is 1440. The number of barbiturate groups is 1. The smallest absolute Gasteiger partial charge is 0.335 e. The van der Waals surface area contributed by atoms with E-state index in [9.17, 15) is 23.6 Å². The van der Waals surface area contributed by atoms with Crippen LogP contribution in [0.25, 0.3) is 6.08 Å². The van der Waals surface area contributed by atoms with Crippen molar-refractivity contribution in [2.24, 2.45) is 0 Å². The van der Waals surface area contributed by atoms with Crippen LogP contribution < -0.4 is 29.7 Å². The minimum absolute atomic E-state index is 0.253. The first-order chi connectivity index (χ1) is 18.8. The lowest BCUT2D eigenvalue weighted by Gasteiger charge is -2.26. The predicted octanol–water partition coefficient (Wildman–Crippen LogP) is 3.92. The van der Waals surface area contributed by atoms with Gasteiger partial charge in [0.15, 0.2) is 18.1 Å². The number of hydrogen-bond acceptors (Lipinski definition) is 7. The first-order valence-corrected chi connectivity index (χ1v) is 11.8. The zero-order valence-electron chi connectivity index (χ0n) is 21.0. The van der Waals surface area contributed by atoms with E-state index < -0.39 is 29.6 Å². The molecule has 1 heterocycles. The average molecular weight is 534 g/mol. The Balaban J connectivity index is 1.52. The molecule has 10 nitrogen and oxygen atoms in total. The van der Waals surface area contributed by atoms with Crippen LogP contribution in [0.1, 0.15) is 12.5 Å². The first kappa shape index (κ1) is 26.9. The molecular formula is C28H24FN3O7. The Morgan fingerprint density at radius 2 is 1.69 bits per heavy atom. The van der Waals surface area contributed by atoms with E-state index in [4.69, 9.17) is 14.2 Å². The highest BCUT2D eigenvalue weighted by Crippen LogP contribution is 2.30. The van der Waals surface area contributed by atoms with E-state index in [0.717, 1.165) is 4.90 Å². The van der Waals surface area contributed by atoms with Crippen LogP contribution in [0.3, 0.4) is 0 Å². The standard InChI is InChI=1S/C28H24FN3O7/c1-3-38-24-15-17(4-13-23(24)39-16-25(33)30-19-7-5-18(29)6-8-19)14-22-26(34)31-28(36)32(27(22)35)20-9-11-21(37-2)12-10-20/h4-15H,3,16H2,1-2H3,(H,30,33)(H,31,34,36)/b22-14+. The van der Waals surface area contributed by atoms with Gasteiger partial charge in [-0.15, -0.1) is 0 Å². The van der Waals surface area contributed by atoms with E-state index in [1.165, 1.54) is 55.7 Å². The van der Waals surface area contributed by atoms with Crippen LogP contribution in [0.4, 0.5) is 20.6 Å². The molecule has 1 aliphatic rings. The van der Waals surface area contributed by atoms with Gasteiger partial charge in [0, 0.05) is 5.69 Å². The van der Waals surface area contributed by atoms with Gasteiger partial charge in [0.25, 0.3) is 17.7 Å². The van der Waals surface area contributed by atoms with E-state index in [1.807, 2.05) is 0 Å². The van der Waals surface area contributed by atoms with E-state index in [-0.39, 0.29) is 36.0 Å². The molecule has 0 saturated carbocycles. The van der Waals surface area contributed by atoms with E-state index in [2.05, 4.69) is 10.6 Å². The largest absolute Gasteiger partial charge is 0.497 e. The van der Waals surface area contributed by atoms with Gasteiger partial charge in [-0.05, 0) is 79.2 Å². The zero-order chi connectivity index (χ0) is 27.9. The molecule has 0 radical (unpaired) electrons. The summed E-state index contributed by atoms with van der Waals surface area (Å²) in [5.74, 6) is -1.48. The van der Waals surface area contributed by atoms with Gasteiger partial charge in [0.1, 0.15) is 17.1 Å². The highest BCUT2D eigenvalue weighted by molar-refractivity contribution is 6.39. The first-order valence-electron chi connectivity index (χ1n) is 11.8. The number of hydrogen-bond donors (Lipinski definition) is 2. The molecule has 200 valence electrons. The number of anilines is 2. The number of halogens is 1. The van der Waals surface area contributed by atoms with Crippen molar-refractivity contribution in [3.8, 4) is 17.2 Å². The normalized spacial score (nSPS) is 14.2. The zero-order valence-corrected chi connectivity index (χ0v) is 21.0. The molecule has 2 N–H and O–H groups in total. The SMILES string of the molecule is CCOc1cc(/C=C2\C(=O)NC(=O)N(c3ccc(OC)cc3)C2=O)ccc1OCC(=O)Nc1ccc(F)cc1. The van der Waals surface area contributed by atoms with Crippen molar-refractivity contribution in [3.63, 3.8) is 0 Å². The van der Waals surface area contributed by atoms with Gasteiger partial charge in [-0.3, -0.25) is 19.7 Å². The van der Waals surface area contributed by atoms with E-state index >= 15 is 0 Å². The quantitative estimate of drug-likeness (QED) is 0.316. The van der Waals surface area contributed by atoms with Crippen molar-refractivity contribution >= 4 is 41.2 Å². The second-order valence-corrected chi connectivity index (χ2v) is 8.14. The summed E-state index contributed by atoms with van der Waals surface area (Å²) in [5.41, 5.74) is 0.827. The third-order valence-corrected chi connectivity index (χ3v) is 5.50. The Kier molecular flexibility index (Phi) is 8.20. The topological polar surface area (TPSA) is 123 Å². The highest BCUT2D eigenvalue weighted by Gasteiger charge is 2.36. The third-order valence-electron chi connectivity index (χ3n) is 5.50. The number of carbonyl (C=O) groups is 4. The maximum absolute atomic E-state index is 13.2. The molecule has 1 aliphatic heterocycles. The molecule has 0 spiro atoms. The number of imide groups is 2. The fourth-order valence-corrected chi connectivity index (χ4v) is 3.67. The lowest BCUT2D eigenvalue weighted by atomic mass is 10.1. The van der Waals surface area contributed by atoms with Crippen LogP contribution in [0, 0.1) is 5.82 Å². The number of urea groups is 1. The molecule has 4 rings (SSSR count). The molecule has 0 unspecified atom stereocenters. The Morgan fingerprint density at radius 1 is 0.974 bits per heavy atom. The lowest BCUT2D eigenvalue weighted by Crippen LogP contribution is -2.54. The number of amides is 5. The second kappa shape index (κ2) is 11.9. The number of nitrogens with zero attached hydrogens (tertiary/aromatic N) is 1. The molecule has 11 heteroatoms. The Labute approximate surface area is 223 Å². The summed E-state index contributed by atoms with van der Waals surface area (Å²) in [6.07, 6.45) is 1.33. The number of methoxy groups -OCH3 is 1. The predicted molar refractivity (Wildman–Crippen MR) is 140 cm³/mol. The molecule has 3 aromatic rings. The van der Waals surface area contributed by atoms with E-state index in [1.54, 1.807) is 31.2 Å². The number of ether oxygens (including phenoxy) is 3. The third kappa shape index (κ3) is 6.39. The highest BCUT2D eigenvalue weighted by atomic mass is 19.1. The maximum Gasteiger partial charge on any atom is 0.335 e. The van der Waals surface area contributed by atoms with Crippen molar-refractivity contribution in [2.75, 3.05) is 30.5 Å². The van der Waals surface area contributed by atoms with Gasteiger partial charge < -0.3 is 19.5 Å². The van der Waals surface area contributed by atoms with Crippen LogP contribution in [-0.2, 0) is 14.4 Å². The summed E-state index contributed by atoms with van der Waals surface area (Å²) >= 11 is 0. The summed E-state index contributed by atoms with van der Waals surface area (Å²) in [5, 5.41) is 4.76. The summed E-state index contributed by atoms with van der Waals surface area (Å²) < 4.78 is 29.4. The number of carbonyl (C=O) groups excluding carboxylic acids is 4. The van der Waals surface area contributed by atoms with Gasteiger partial charge >= 0.3 is 6.03 Å². The van der Waals surface area contributed by atoms with Crippen LogP contribution >= 0.6 is 0 Å². The molecule has 0 bridgehead atoms. The van der Waals surface area contributed by atoms with Crippen molar-refractivity contribution in [2.45, 2.75) is 6.92 Å². The fourth-order valence-electron chi connectivity index (χ4n) is 3.67.